The average molecular weight is 330 g/mol. The summed E-state index contributed by atoms with van der Waals surface area (Å²) in [6.45, 7) is 6.70. The monoisotopic (exact) mass is 330 g/mol. The molecule has 0 radical (unpaired) electrons. The zero-order valence-electron chi connectivity index (χ0n) is 14.7. The van der Waals surface area contributed by atoms with Crippen molar-refractivity contribution in [2.24, 2.45) is 11.8 Å². The predicted molar refractivity (Wildman–Crippen MR) is 91.8 cm³/mol. The van der Waals surface area contributed by atoms with Gasteiger partial charge in [0, 0.05) is 0 Å². The number of imide groups is 1. The van der Waals surface area contributed by atoms with Crippen LogP contribution in [0.5, 0.6) is 5.75 Å². The van der Waals surface area contributed by atoms with Gasteiger partial charge in [-0.1, -0.05) is 38.5 Å². The van der Waals surface area contributed by atoms with Crippen molar-refractivity contribution in [3.63, 3.8) is 0 Å². The van der Waals surface area contributed by atoms with Gasteiger partial charge in [-0.15, -0.1) is 0 Å². The van der Waals surface area contributed by atoms with Crippen LogP contribution < -0.4 is 10.1 Å². The molecule has 0 aromatic heterocycles. The molecule has 1 aliphatic carbocycles. The van der Waals surface area contributed by atoms with E-state index in [1.807, 2.05) is 31.2 Å². The number of rotatable bonds is 4. The third kappa shape index (κ3) is 2.66. The molecule has 0 bridgehead atoms. The van der Waals surface area contributed by atoms with Gasteiger partial charge in [0.2, 0.25) is 0 Å². The van der Waals surface area contributed by atoms with Crippen molar-refractivity contribution in [2.45, 2.75) is 45.6 Å². The maximum absolute atomic E-state index is 13.0. The number of hydrogen-bond donors (Lipinski definition) is 1. The first kappa shape index (κ1) is 16.8. The van der Waals surface area contributed by atoms with Crippen LogP contribution >= 0.6 is 0 Å². The number of hydrogen-bond acceptors (Lipinski definition) is 3. The van der Waals surface area contributed by atoms with Crippen molar-refractivity contribution in [3.05, 3.63) is 29.8 Å². The van der Waals surface area contributed by atoms with Crippen LogP contribution in [0.25, 0.3) is 0 Å². The third-order valence-corrected chi connectivity index (χ3v) is 5.65. The topological polar surface area (TPSA) is 58.6 Å². The zero-order valence-corrected chi connectivity index (χ0v) is 14.7. The van der Waals surface area contributed by atoms with E-state index in [9.17, 15) is 9.59 Å². The Morgan fingerprint density at radius 2 is 1.88 bits per heavy atom. The number of nitrogens with one attached hydrogen (secondary N) is 1. The van der Waals surface area contributed by atoms with Gasteiger partial charge in [0.1, 0.15) is 17.9 Å². The Kier molecular flexibility index (Phi) is 4.52. The molecular weight excluding hydrogens is 304 g/mol. The van der Waals surface area contributed by atoms with E-state index in [1.165, 1.54) is 4.90 Å². The molecule has 1 N–H and O–H groups in total. The predicted octanol–water partition coefficient (Wildman–Crippen LogP) is 3.12. The molecule has 5 nitrogen and oxygen atoms in total. The van der Waals surface area contributed by atoms with Crippen molar-refractivity contribution in [1.82, 2.24) is 10.2 Å². The number of aryl methyl sites for hydroxylation is 1. The zero-order chi connectivity index (χ0) is 17.3. The van der Waals surface area contributed by atoms with E-state index in [1.54, 1.807) is 0 Å². The molecule has 1 heterocycles. The minimum atomic E-state index is -0.724. The number of ether oxygens (including phenoxy) is 1. The minimum absolute atomic E-state index is 0.0828. The molecule has 3 rings (SSSR count). The van der Waals surface area contributed by atoms with E-state index < -0.39 is 5.54 Å². The van der Waals surface area contributed by atoms with Gasteiger partial charge in [-0.3, -0.25) is 9.69 Å². The fourth-order valence-electron chi connectivity index (χ4n) is 4.12. The molecule has 5 heteroatoms. The van der Waals surface area contributed by atoms with Crippen LogP contribution in [-0.2, 0) is 4.79 Å². The van der Waals surface area contributed by atoms with E-state index in [2.05, 4.69) is 19.2 Å². The standard InChI is InChI=1S/C19H26N2O3/c1-13-7-4-5-10-16(13)24-12-11-21-17(22)19(20-18(21)23)14(2)8-6-9-15(19)3/h4-5,7,10,14-15H,6,8-9,11-12H2,1-3H3,(H,20,23). The van der Waals surface area contributed by atoms with Crippen molar-refractivity contribution in [3.8, 4) is 5.75 Å². The normalized spacial score (nSPS) is 29.9. The van der Waals surface area contributed by atoms with Crippen LogP contribution in [0, 0.1) is 18.8 Å². The van der Waals surface area contributed by atoms with Crippen LogP contribution in [-0.4, -0.2) is 35.5 Å². The Morgan fingerprint density at radius 3 is 2.54 bits per heavy atom. The minimum Gasteiger partial charge on any atom is -0.491 e. The fourth-order valence-corrected chi connectivity index (χ4v) is 4.12. The summed E-state index contributed by atoms with van der Waals surface area (Å²) in [5, 5.41) is 3.01. The van der Waals surface area contributed by atoms with Crippen molar-refractivity contribution in [1.29, 1.82) is 0 Å². The van der Waals surface area contributed by atoms with E-state index in [4.69, 9.17) is 4.74 Å². The molecule has 1 aromatic carbocycles. The van der Waals surface area contributed by atoms with Gasteiger partial charge in [-0.05, 0) is 43.2 Å². The number of benzene rings is 1. The smallest absolute Gasteiger partial charge is 0.325 e. The number of urea groups is 1. The Balaban J connectivity index is 1.68. The van der Waals surface area contributed by atoms with E-state index >= 15 is 0 Å². The Hall–Kier alpha value is -2.04. The second-order valence-corrected chi connectivity index (χ2v) is 7.10. The van der Waals surface area contributed by atoms with Gasteiger partial charge in [0.15, 0.2) is 0 Å². The summed E-state index contributed by atoms with van der Waals surface area (Å²) in [4.78, 5) is 26.7. The lowest BCUT2D eigenvalue weighted by atomic mass is 9.67. The summed E-state index contributed by atoms with van der Waals surface area (Å²) >= 11 is 0. The second-order valence-electron chi connectivity index (χ2n) is 7.10. The van der Waals surface area contributed by atoms with Crippen molar-refractivity contribution < 1.29 is 14.3 Å². The maximum atomic E-state index is 13.0. The lowest BCUT2D eigenvalue weighted by molar-refractivity contribution is -0.136. The molecule has 1 saturated carbocycles. The highest BCUT2D eigenvalue weighted by Crippen LogP contribution is 2.42. The van der Waals surface area contributed by atoms with Gasteiger partial charge in [0.25, 0.3) is 5.91 Å². The van der Waals surface area contributed by atoms with Crippen LogP contribution in [0.2, 0.25) is 0 Å². The van der Waals surface area contributed by atoms with Crippen LogP contribution in [0.15, 0.2) is 24.3 Å². The van der Waals surface area contributed by atoms with Gasteiger partial charge in [0.05, 0.1) is 6.54 Å². The molecular formula is C19H26N2O3. The highest BCUT2D eigenvalue weighted by molar-refractivity contribution is 6.07. The molecule has 1 saturated heterocycles. The molecule has 2 atom stereocenters. The molecule has 130 valence electrons. The highest BCUT2D eigenvalue weighted by Gasteiger charge is 2.58. The highest BCUT2D eigenvalue weighted by atomic mass is 16.5. The molecule has 24 heavy (non-hydrogen) atoms. The Morgan fingerprint density at radius 1 is 1.21 bits per heavy atom. The molecule has 2 aliphatic rings. The number of nitrogens with zero attached hydrogens (tertiary/aromatic N) is 1. The average Bonchev–Trinajstić information content (AvgIpc) is 2.80. The van der Waals surface area contributed by atoms with E-state index in [0.29, 0.717) is 6.61 Å². The largest absolute Gasteiger partial charge is 0.491 e. The second kappa shape index (κ2) is 6.46. The lowest BCUT2D eigenvalue weighted by Crippen LogP contribution is -2.58. The number of amides is 3. The summed E-state index contributed by atoms with van der Waals surface area (Å²) in [5.41, 5.74) is 0.318. The molecule has 1 aromatic rings. The molecule has 3 amide bonds. The molecule has 2 unspecified atom stereocenters. The Bertz CT molecular complexity index is 633. The van der Waals surface area contributed by atoms with E-state index in [0.717, 1.165) is 30.6 Å². The van der Waals surface area contributed by atoms with Crippen LogP contribution in [0.3, 0.4) is 0 Å². The number of para-hydroxylation sites is 1. The number of carbonyl (C=O) groups excluding carboxylic acids is 2. The molecule has 2 fully saturated rings. The SMILES string of the molecule is Cc1ccccc1OCCN1C(=O)NC2(C1=O)C(C)CCCC2C. The van der Waals surface area contributed by atoms with Crippen molar-refractivity contribution >= 4 is 11.9 Å². The first-order chi connectivity index (χ1) is 11.5. The van der Waals surface area contributed by atoms with Gasteiger partial charge < -0.3 is 10.1 Å². The van der Waals surface area contributed by atoms with Crippen molar-refractivity contribution in [2.75, 3.05) is 13.2 Å². The molecule has 1 spiro atoms. The quantitative estimate of drug-likeness (QED) is 0.863. The van der Waals surface area contributed by atoms with Gasteiger partial charge in [-0.2, -0.15) is 0 Å². The fraction of sp³-hybridized carbons (Fsp3) is 0.579. The van der Waals surface area contributed by atoms with Gasteiger partial charge in [-0.25, -0.2) is 4.79 Å². The Labute approximate surface area is 143 Å². The third-order valence-electron chi connectivity index (χ3n) is 5.65. The van der Waals surface area contributed by atoms with Gasteiger partial charge >= 0.3 is 6.03 Å². The summed E-state index contributed by atoms with van der Waals surface area (Å²) in [6.07, 6.45) is 3.07. The molecule has 1 aliphatic heterocycles. The maximum Gasteiger partial charge on any atom is 0.325 e. The summed E-state index contributed by atoms with van der Waals surface area (Å²) < 4.78 is 5.75. The summed E-state index contributed by atoms with van der Waals surface area (Å²) in [6, 6.07) is 7.46. The first-order valence-electron chi connectivity index (χ1n) is 8.79. The van der Waals surface area contributed by atoms with Crippen LogP contribution in [0.1, 0.15) is 38.7 Å². The van der Waals surface area contributed by atoms with E-state index in [-0.39, 0.29) is 30.3 Å². The first-order valence-corrected chi connectivity index (χ1v) is 8.79. The summed E-state index contributed by atoms with van der Waals surface area (Å²) in [5.74, 6) is 1.04. The van der Waals surface area contributed by atoms with Crippen LogP contribution in [0.4, 0.5) is 4.79 Å². The lowest BCUT2D eigenvalue weighted by Gasteiger charge is -2.42. The summed E-state index contributed by atoms with van der Waals surface area (Å²) in [7, 11) is 0. The number of carbonyl (C=O) groups is 2.